The lowest BCUT2D eigenvalue weighted by atomic mass is 10.0. The van der Waals surface area contributed by atoms with E-state index in [1.807, 2.05) is 0 Å². The van der Waals surface area contributed by atoms with Gasteiger partial charge in [-0.3, -0.25) is 4.79 Å². The van der Waals surface area contributed by atoms with E-state index in [0.717, 1.165) is 25.3 Å². The van der Waals surface area contributed by atoms with Crippen molar-refractivity contribution in [2.75, 3.05) is 23.3 Å². The van der Waals surface area contributed by atoms with Crippen molar-refractivity contribution >= 4 is 17.4 Å². The smallest absolute Gasteiger partial charge is 0.274 e. The molecule has 1 unspecified atom stereocenters. The summed E-state index contributed by atoms with van der Waals surface area (Å²) in [6.07, 6.45) is 3.78. The Hall–Kier alpha value is -2.94. The first-order chi connectivity index (χ1) is 11.7. The molecule has 1 amide bonds. The van der Waals surface area contributed by atoms with Gasteiger partial charge < -0.3 is 10.2 Å². The van der Waals surface area contributed by atoms with Crippen molar-refractivity contribution in [1.29, 1.82) is 5.26 Å². The maximum Gasteiger partial charge on any atom is 0.274 e. The van der Waals surface area contributed by atoms with E-state index in [1.165, 1.54) is 12.7 Å². The second-order valence-electron chi connectivity index (χ2n) is 6.10. The van der Waals surface area contributed by atoms with Gasteiger partial charge in [0.05, 0.1) is 11.6 Å². The Kier molecular flexibility index (Phi) is 4.71. The molecular formula is C18H19N5O. The minimum atomic E-state index is -0.307. The van der Waals surface area contributed by atoms with Gasteiger partial charge >= 0.3 is 0 Å². The third-order valence-electron chi connectivity index (χ3n) is 4.12. The van der Waals surface area contributed by atoms with Crippen LogP contribution in [-0.4, -0.2) is 29.0 Å². The molecule has 0 bridgehead atoms. The van der Waals surface area contributed by atoms with Crippen molar-refractivity contribution in [3.63, 3.8) is 0 Å². The Morgan fingerprint density at radius 2 is 2.25 bits per heavy atom. The Morgan fingerprint density at radius 3 is 3.04 bits per heavy atom. The van der Waals surface area contributed by atoms with Crippen LogP contribution in [0.3, 0.4) is 0 Å². The van der Waals surface area contributed by atoms with Crippen molar-refractivity contribution in [1.82, 2.24) is 9.97 Å². The van der Waals surface area contributed by atoms with Gasteiger partial charge in [-0.2, -0.15) is 5.26 Å². The second kappa shape index (κ2) is 7.09. The zero-order valence-corrected chi connectivity index (χ0v) is 13.6. The number of hydrogen-bond acceptors (Lipinski definition) is 5. The summed E-state index contributed by atoms with van der Waals surface area (Å²) in [6, 6.07) is 10.6. The van der Waals surface area contributed by atoms with E-state index in [2.05, 4.69) is 33.2 Å². The fourth-order valence-corrected chi connectivity index (χ4v) is 2.90. The molecular weight excluding hydrogens is 302 g/mol. The van der Waals surface area contributed by atoms with Crippen LogP contribution in [0.4, 0.5) is 11.5 Å². The number of carbonyl (C=O) groups is 1. The molecule has 122 valence electrons. The third-order valence-corrected chi connectivity index (χ3v) is 4.12. The number of carbonyl (C=O) groups excluding carboxylic acids is 1. The number of hydrogen-bond donors (Lipinski definition) is 1. The summed E-state index contributed by atoms with van der Waals surface area (Å²) >= 11 is 0. The van der Waals surface area contributed by atoms with E-state index in [0.29, 0.717) is 22.9 Å². The first-order valence-electron chi connectivity index (χ1n) is 8.04. The van der Waals surface area contributed by atoms with Gasteiger partial charge in [0, 0.05) is 24.8 Å². The summed E-state index contributed by atoms with van der Waals surface area (Å²) in [4.78, 5) is 23.0. The normalized spacial score (nSPS) is 17.2. The Labute approximate surface area is 141 Å². The monoisotopic (exact) mass is 321 g/mol. The molecule has 1 aromatic heterocycles. The lowest BCUT2D eigenvalue weighted by molar-refractivity contribution is 0.102. The summed E-state index contributed by atoms with van der Waals surface area (Å²) < 4.78 is 0. The zero-order valence-electron chi connectivity index (χ0n) is 13.6. The number of piperidine rings is 1. The largest absolute Gasteiger partial charge is 0.356 e. The molecule has 6 heteroatoms. The molecule has 1 N–H and O–H groups in total. The summed E-state index contributed by atoms with van der Waals surface area (Å²) in [5, 5.41) is 11.7. The van der Waals surface area contributed by atoms with Crippen LogP contribution in [-0.2, 0) is 0 Å². The van der Waals surface area contributed by atoms with Crippen molar-refractivity contribution in [3.05, 3.63) is 47.9 Å². The molecule has 1 aromatic carbocycles. The van der Waals surface area contributed by atoms with Crippen LogP contribution >= 0.6 is 0 Å². The van der Waals surface area contributed by atoms with E-state index < -0.39 is 0 Å². The molecule has 24 heavy (non-hydrogen) atoms. The minimum Gasteiger partial charge on any atom is -0.356 e. The number of amides is 1. The number of benzene rings is 1. The standard InChI is InChI=1S/C18H19N5O/c1-13-4-3-7-23(11-13)17-9-16(20-12-21-17)18(24)22-15-6-2-5-14(8-15)10-19/h2,5-6,8-9,12-13H,3-4,7,11H2,1H3,(H,22,24). The molecule has 1 aliphatic heterocycles. The average molecular weight is 321 g/mol. The van der Waals surface area contributed by atoms with Crippen molar-refractivity contribution in [3.8, 4) is 6.07 Å². The molecule has 2 heterocycles. The number of aromatic nitrogens is 2. The van der Waals surface area contributed by atoms with Gasteiger partial charge in [-0.05, 0) is 37.0 Å². The highest BCUT2D eigenvalue weighted by molar-refractivity contribution is 6.03. The fraction of sp³-hybridized carbons (Fsp3) is 0.333. The quantitative estimate of drug-likeness (QED) is 0.940. The number of nitrogens with one attached hydrogen (secondary N) is 1. The lowest BCUT2D eigenvalue weighted by Gasteiger charge is -2.31. The van der Waals surface area contributed by atoms with Gasteiger partial charge in [0.15, 0.2) is 0 Å². The van der Waals surface area contributed by atoms with Crippen molar-refractivity contribution in [2.45, 2.75) is 19.8 Å². The summed E-state index contributed by atoms with van der Waals surface area (Å²) in [5.41, 5.74) is 1.39. The van der Waals surface area contributed by atoms with Gasteiger partial charge in [0.1, 0.15) is 17.8 Å². The van der Waals surface area contributed by atoms with Crippen LogP contribution in [0.25, 0.3) is 0 Å². The first-order valence-corrected chi connectivity index (χ1v) is 8.04. The number of nitrogens with zero attached hydrogens (tertiary/aromatic N) is 4. The van der Waals surface area contributed by atoms with Crippen LogP contribution in [0.1, 0.15) is 35.8 Å². The Bertz CT molecular complexity index is 783. The first kappa shape index (κ1) is 15.9. The molecule has 1 aliphatic rings. The molecule has 0 saturated carbocycles. The fourth-order valence-electron chi connectivity index (χ4n) is 2.90. The van der Waals surface area contributed by atoms with E-state index in [-0.39, 0.29) is 5.91 Å². The van der Waals surface area contributed by atoms with Crippen LogP contribution in [0.15, 0.2) is 36.7 Å². The molecule has 2 aromatic rings. The van der Waals surface area contributed by atoms with E-state index in [4.69, 9.17) is 5.26 Å². The van der Waals surface area contributed by atoms with Crippen molar-refractivity contribution in [2.24, 2.45) is 5.92 Å². The lowest BCUT2D eigenvalue weighted by Crippen LogP contribution is -2.35. The number of nitriles is 1. The summed E-state index contributed by atoms with van der Waals surface area (Å²) in [6.45, 7) is 4.12. The SMILES string of the molecule is CC1CCCN(c2cc(C(=O)Nc3cccc(C#N)c3)ncn2)C1. The van der Waals surface area contributed by atoms with Gasteiger partial charge in [-0.1, -0.05) is 13.0 Å². The molecule has 1 saturated heterocycles. The van der Waals surface area contributed by atoms with Gasteiger partial charge in [-0.15, -0.1) is 0 Å². The molecule has 1 atom stereocenters. The van der Waals surface area contributed by atoms with Crippen LogP contribution in [0.5, 0.6) is 0 Å². The number of anilines is 2. The highest BCUT2D eigenvalue weighted by atomic mass is 16.1. The van der Waals surface area contributed by atoms with Crippen LogP contribution in [0.2, 0.25) is 0 Å². The number of rotatable bonds is 3. The molecule has 0 spiro atoms. The molecule has 3 rings (SSSR count). The van der Waals surface area contributed by atoms with E-state index in [1.54, 1.807) is 30.3 Å². The van der Waals surface area contributed by atoms with Gasteiger partial charge in [0.25, 0.3) is 5.91 Å². The van der Waals surface area contributed by atoms with Crippen molar-refractivity contribution < 1.29 is 4.79 Å². The molecule has 0 aliphatic carbocycles. The molecule has 6 nitrogen and oxygen atoms in total. The van der Waals surface area contributed by atoms with Crippen LogP contribution in [0, 0.1) is 17.2 Å². The highest BCUT2D eigenvalue weighted by Crippen LogP contribution is 2.21. The molecule has 1 fully saturated rings. The molecule has 0 radical (unpaired) electrons. The van der Waals surface area contributed by atoms with Crippen LogP contribution < -0.4 is 10.2 Å². The summed E-state index contributed by atoms with van der Waals surface area (Å²) in [5.74, 6) is 1.10. The second-order valence-corrected chi connectivity index (χ2v) is 6.10. The summed E-state index contributed by atoms with van der Waals surface area (Å²) in [7, 11) is 0. The third kappa shape index (κ3) is 3.69. The Morgan fingerprint density at radius 1 is 1.38 bits per heavy atom. The average Bonchev–Trinajstić information content (AvgIpc) is 2.62. The minimum absolute atomic E-state index is 0.307. The Balaban J connectivity index is 1.75. The topological polar surface area (TPSA) is 81.9 Å². The predicted octanol–water partition coefficient (Wildman–Crippen LogP) is 2.84. The highest BCUT2D eigenvalue weighted by Gasteiger charge is 2.19. The van der Waals surface area contributed by atoms with Gasteiger partial charge in [-0.25, -0.2) is 9.97 Å². The zero-order chi connectivity index (χ0) is 16.9. The maximum atomic E-state index is 12.4. The van der Waals surface area contributed by atoms with E-state index in [9.17, 15) is 4.79 Å². The van der Waals surface area contributed by atoms with Gasteiger partial charge in [0.2, 0.25) is 0 Å². The maximum absolute atomic E-state index is 12.4. The predicted molar refractivity (Wildman–Crippen MR) is 91.8 cm³/mol. The van der Waals surface area contributed by atoms with E-state index >= 15 is 0 Å².